The van der Waals surface area contributed by atoms with E-state index in [-0.39, 0.29) is 11.3 Å². The van der Waals surface area contributed by atoms with Crippen molar-refractivity contribution in [3.8, 4) is 11.5 Å². The lowest BCUT2D eigenvalue weighted by Crippen LogP contribution is -2.45. The molecule has 0 radical (unpaired) electrons. The van der Waals surface area contributed by atoms with E-state index in [0.29, 0.717) is 31.4 Å². The molecule has 1 aromatic rings. The minimum Gasteiger partial charge on any atom is -0.493 e. The summed E-state index contributed by atoms with van der Waals surface area (Å²) in [5.41, 5.74) is -1.21. The Bertz CT molecular complexity index is 640. The molecular weight excluding hydrogens is 317 g/mol. The Morgan fingerprint density at radius 3 is 2.25 bits per heavy atom. The quantitative estimate of drug-likeness (QED) is 0.778. The van der Waals surface area contributed by atoms with Gasteiger partial charge in [0.15, 0.2) is 11.5 Å². The predicted octanol–water partition coefficient (Wildman–Crippen LogP) is 2.67. The zero-order valence-electron chi connectivity index (χ0n) is 14.0. The van der Waals surface area contributed by atoms with Crippen LogP contribution in [0.2, 0.25) is 0 Å². The minimum atomic E-state index is -1.42. The van der Waals surface area contributed by atoms with Crippen LogP contribution in [0.5, 0.6) is 11.5 Å². The first-order valence-electron chi connectivity index (χ1n) is 7.81. The highest BCUT2D eigenvalue weighted by molar-refractivity contribution is 6.02. The summed E-state index contributed by atoms with van der Waals surface area (Å²) in [5.74, 6) is -1.68. The van der Waals surface area contributed by atoms with E-state index in [1.54, 1.807) is 6.92 Å². The first-order chi connectivity index (χ1) is 11.4. The fourth-order valence-electron chi connectivity index (χ4n) is 3.13. The number of benzene rings is 1. The number of methoxy groups -OCH3 is 2. The van der Waals surface area contributed by atoms with Crippen molar-refractivity contribution in [3.63, 3.8) is 0 Å². The van der Waals surface area contributed by atoms with Crippen molar-refractivity contribution in [2.24, 2.45) is 5.41 Å². The van der Waals surface area contributed by atoms with Crippen molar-refractivity contribution < 1.29 is 28.6 Å². The molecule has 0 heterocycles. The summed E-state index contributed by atoms with van der Waals surface area (Å²) >= 11 is 0. The van der Waals surface area contributed by atoms with Gasteiger partial charge in [0.25, 0.3) is 0 Å². The molecule has 6 nitrogen and oxygen atoms in total. The topological polar surface area (TPSA) is 84.9 Å². The lowest BCUT2D eigenvalue weighted by molar-refractivity contribution is -0.155. The number of carboxylic acid groups (broad SMARTS) is 1. The lowest BCUT2D eigenvalue weighted by Gasteiger charge is -2.26. The molecule has 2 rings (SSSR count). The Hall–Kier alpha value is -2.31. The molecule has 1 atom stereocenters. The van der Waals surface area contributed by atoms with E-state index in [1.807, 2.05) is 0 Å². The Balaban J connectivity index is 2.25. The van der Waals surface area contributed by atoms with Crippen LogP contribution in [-0.4, -0.2) is 31.2 Å². The van der Waals surface area contributed by atoms with Crippen LogP contribution in [0.4, 0.5) is 4.39 Å². The Morgan fingerprint density at radius 2 is 1.75 bits per heavy atom. The van der Waals surface area contributed by atoms with Crippen LogP contribution in [0, 0.1) is 11.2 Å². The second kappa shape index (κ2) is 7.07. The smallest absolute Gasteiger partial charge is 0.319 e. The fraction of sp³-hybridized carbons (Fsp3) is 0.529. The van der Waals surface area contributed by atoms with Gasteiger partial charge in [-0.15, -0.1) is 0 Å². The molecule has 0 saturated heterocycles. The van der Waals surface area contributed by atoms with Crippen molar-refractivity contribution >= 4 is 11.9 Å². The van der Waals surface area contributed by atoms with Gasteiger partial charge in [0.05, 0.1) is 20.3 Å². The van der Waals surface area contributed by atoms with Crippen molar-refractivity contribution in [1.29, 1.82) is 0 Å². The molecule has 1 aliphatic carbocycles. The standard InChI is InChI=1S/C17H22FNO5/c1-10(11-8-13(23-2)14(24-3)9-12(11)18)19-15(20)17(16(21)22)6-4-5-7-17/h8-10H,4-7H2,1-3H3,(H,19,20)(H,21,22). The van der Waals surface area contributed by atoms with Crippen molar-refractivity contribution in [1.82, 2.24) is 5.32 Å². The molecule has 0 spiro atoms. The first kappa shape index (κ1) is 18.0. The van der Waals surface area contributed by atoms with Gasteiger partial charge in [-0.1, -0.05) is 12.8 Å². The number of hydrogen-bond acceptors (Lipinski definition) is 4. The van der Waals surface area contributed by atoms with Crippen LogP contribution < -0.4 is 14.8 Å². The van der Waals surface area contributed by atoms with Crippen molar-refractivity contribution in [2.75, 3.05) is 14.2 Å². The average molecular weight is 339 g/mol. The predicted molar refractivity (Wildman–Crippen MR) is 84.6 cm³/mol. The zero-order valence-corrected chi connectivity index (χ0v) is 14.0. The Labute approximate surface area is 139 Å². The molecule has 1 aromatic carbocycles. The average Bonchev–Trinajstić information content (AvgIpc) is 3.05. The SMILES string of the molecule is COc1cc(F)c(C(C)NC(=O)C2(C(=O)O)CCCC2)cc1OC. The van der Waals surface area contributed by atoms with Gasteiger partial charge < -0.3 is 19.9 Å². The largest absolute Gasteiger partial charge is 0.493 e. The fourth-order valence-corrected chi connectivity index (χ4v) is 3.13. The van der Waals surface area contributed by atoms with Crippen LogP contribution in [-0.2, 0) is 9.59 Å². The maximum Gasteiger partial charge on any atom is 0.319 e. The zero-order chi connectivity index (χ0) is 17.9. The van der Waals surface area contributed by atoms with Crippen molar-refractivity contribution in [2.45, 2.75) is 38.6 Å². The van der Waals surface area contributed by atoms with Crippen LogP contribution >= 0.6 is 0 Å². The van der Waals surface area contributed by atoms with Gasteiger partial charge in [-0.3, -0.25) is 9.59 Å². The van der Waals surface area contributed by atoms with E-state index >= 15 is 0 Å². The number of aliphatic carboxylic acids is 1. The van der Waals surface area contributed by atoms with Crippen molar-refractivity contribution in [3.05, 3.63) is 23.5 Å². The van der Waals surface area contributed by atoms with E-state index in [2.05, 4.69) is 5.32 Å². The summed E-state index contributed by atoms with van der Waals surface area (Å²) < 4.78 is 24.5. The third kappa shape index (κ3) is 3.16. The number of carbonyl (C=O) groups excluding carboxylic acids is 1. The summed E-state index contributed by atoms with van der Waals surface area (Å²) in [6.07, 6.45) is 1.99. The van der Waals surface area contributed by atoms with E-state index in [9.17, 15) is 19.1 Å². The number of halogens is 1. The van der Waals surface area contributed by atoms with Gasteiger partial charge in [-0.25, -0.2) is 4.39 Å². The number of nitrogens with one attached hydrogen (secondary N) is 1. The Morgan fingerprint density at radius 1 is 1.21 bits per heavy atom. The molecule has 1 amide bonds. The number of carbonyl (C=O) groups is 2. The third-order valence-electron chi connectivity index (χ3n) is 4.62. The second-order valence-electron chi connectivity index (χ2n) is 6.02. The summed E-state index contributed by atoms with van der Waals surface area (Å²) in [6, 6.07) is 1.93. The number of amides is 1. The molecule has 1 saturated carbocycles. The number of rotatable bonds is 6. The third-order valence-corrected chi connectivity index (χ3v) is 4.62. The number of carboxylic acids is 1. The normalized spacial score (nSPS) is 17.2. The van der Waals surface area contributed by atoms with Gasteiger partial charge in [0, 0.05) is 11.6 Å². The molecule has 0 aromatic heterocycles. The highest BCUT2D eigenvalue weighted by Crippen LogP contribution is 2.39. The minimum absolute atomic E-state index is 0.208. The molecule has 0 bridgehead atoms. The first-order valence-corrected chi connectivity index (χ1v) is 7.81. The molecule has 132 valence electrons. The highest BCUT2D eigenvalue weighted by Gasteiger charge is 2.48. The van der Waals surface area contributed by atoms with Gasteiger partial charge in [-0.05, 0) is 25.8 Å². The summed E-state index contributed by atoms with van der Waals surface area (Å²) in [5, 5.41) is 12.1. The molecule has 24 heavy (non-hydrogen) atoms. The molecule has 1 fully saturated rings. The van der Waals surface area contributed by atoms with Gasteiger partial charge >= 0.3 is 5.97 Å². The molecule has 1 unspecified atom stereocenters. The van der Waals surface area contributed by atoms with E-state index in [1.165, 1.54) is 26.4 Å². The van der Waals surface area contributed by atoms with E-state index in [0.717, 1.165) is 0 Å². The summed E-state index contributed by atoms with van der Waals surface area (Å²) in [6.45, 7) is 1.60. The molecule has 0 aliphatic heterocycles. The molecule has 2 N–H and O–H groups in total. The molecule has 1 aliphatic rings. The van der Waals surface area contributed by atoms with Gasteiger partial charge in [0.1, 0.15) is 11.2 Å². The van der Waals surface area contributed by atoms with Crippen LogP contribution in [0.25, 0.3) is 0 Å². The van der Waals surface area contributed by atoms with Crippen LogP contribution in [0.3, 0.4) is 0 Å². The Kier molecular flexibility index (Phi) is 5.31. The summed E-state index contributed by atoms with van der Waals surface area (Å²) in [4.78, 5) is 24.1. The second-order valence-corrected chi connectivity index (χ2v) is 6.02. The monoisotopic (exact) mass is 339 g/mol. The van der Waals surface area contributed by atoms with Crippen LogP contribution in [0.15, 0.2) is 12.1 Å². The molecular formula is C17H22FNO5. The highest BCUT2D eigenvalue weighted by atomic mass is 19.1. The lowest BCUT2D eigenvalue weighted by atomic mass is 9.85. The van der Waals surface area contributed by atoms with E-state index < -0.39 is 29.2 Å². The van der Waals surface area contributed by atoms with Gasteiger partial charge in [0.2, 0.25) is 5.91 Å². The molecule has 7 heteroatoms. The number of hydrogen-bond donors (Lipinski definition) is 2. The maximum absolute atomic E-state index is 14.3. The summed E-state index contributed by atoms with van der Waals surface area (Å²) in [7, 11) is 2.83. The maximum atomic E-state index is 14.3. The van der Waals surface area contributed by atoms with E-state index in [4.69, 9.17) is 9.47 Å². The number of ether oxygens (including phenoxy) is 2. The van der Waals surface area contributed by atoms with Gasteiger partial charge in [-0.2, -0.15) is 0 Å². The van der Waals surface area contributed by atoms with Crippen LogP contribution in [0.1, 0.15) is 44.2 Å².